The van der Waals surface area contributed by atoms with Crippen molar-refractivity contribution in [1.29, 1.82) is 0 Å². The molecule has 1 aromatic carbocycles. The van der Waals surface area contributed by atoms with Crippen molar-refractivity contribution < 1.29 is 26.6 Å². The van der Waals surface area contributed by atoms with E-state index in [0.29, 0.717) is 11.3 Å². The van der Waals surface area contributed by atoms with E-state index in [9.17, 15) is 17.4 Å². The second kappa shape index (κ2) is 8.82. The minimum absolute atomic E-state index is 0.0945. The molecule has 0 radical (unpaired) electrons. The molecule has 1 aliphatic heterocycles. The van der Waals surface area contributed by atoms with Gasteiger partial charge in [-0.05, 0) is 39.0 Å². The Morgan fingerprint density at radius 2 is 1.91 bits per heavy atom. The van der Waals surface area contributed by atoms with E-state index in [2.05, 4.69) is 20.1 Å². The van der Waals surface area contributed by atoms with Gasteiger partial charge in [0.25, 0.3) is 6.43 Å². The molecule has 0 unspecified atom stereocenters. The van der Waals surface area contributed by atoms with Crippen molar-refractivity contribution in [3.8, 4) is 28.6 Å². The lowest BCUT2D eigenvalue weighted by Gasteiger charge is -2.37. The average Bonchev–Trinajstić information content (AvgIpc) is 3.27. The van der Waals surface area contributed by atoms with Crippen LogP contribution in [-0.4, -0.2) is 48.7 Å². The number of benzene rings is 1. The summed E-state index contributed by atoms with van der Waals surface area (Å²) in [5.41, 5.74) is 5.98. The first kappa shape index (κ1) is 23.9. The van der Waals surface area contributed by atoms with Gasteiger partial charge in [-0.3, -0.25) is 9.20 Å². The molecule has 180 valence electrons. The fourth-order valence-corrected chi connectivity index (χ4v) is 4.78. The van der Waals surface area contributed by atoms with E-state index in [-0.39, 0.29) is 34.4 Å². The first-order valence-electron chi connectivity index (χ1n) is 10.2. The van der Waals surface area contributed by atoms with Gasteiger partial charge in [0.15, 0.2) is 23.0 Å². The van der Waals surface area contributed by atoms with Gasteiger partial charge in [-0.25, -0.2) is 23.1 Å². The number of aliphatic imine (C=N–C) groups is 1. The summed E-state index contributed by atoms with van der Waals surface area (Å²) in [6.45, 7) is 4.41. The monoisotopic (exact) mass is 493 g/mol. The molecular weight excluding hydrogens is 471 g/mol. The van der Waals surface area contributed by atoms with E-state index in [1.165, 1.54) is 24.5 Å². The smallest absolute Gasteiger partial charge is 0.272 e. The number of ether oxygens (including phenoxy) is 1. The summed E-state index contributed by atoms with van der Waals surface area (Å²) in [5.74, 6) is 0.395. The average molecular weight is 494 g/mol. The van der Waals surface area contributed by atoms with Crippen molar-refractivity contribution in [2.75, 3.05) is 12.4 Å². The Bertz CT molecular complexity index is 1260. The standard InChI is InChI=1S/C22H22F3N5O3S/c1-21(2)20(26)29-22(3,11-34(21)31)14-6-12(4-5-15(14)23)17-7-16(30-33-17)19-27-8-13(9-28-19)32-10-18(24)25/h4-9,18H,10-11H2,1-3H3,(H2,26,29)/t22-,34-/m0/s1. The lowest BCUT2D eigenvalue weighted by Crippen LogP contribution is -2.52. The van der Waals surface area contributed by atoms with Crippen LogP contribution in [-0.2, 0) is 16.3 Å². The largest absolute Gasteiger partial charge is 0.484 e. The molecule has 2 N–H and O–H groups in total. The van der Waals surface area contributed by atoms with Gasteiger partial charge >= 0.3 is 0 Å². The Balaban J connectivity index is 1.62. The lowest BCUT2D eigenvalue weighted by atomic mass is 9.91. The van der Waals surface area contributed by atoms with Gasteiger partial charge in [0.05, 0.1) is 28.4 Å². The van der Waals surface area contributed by atoms with Crippen molar-refractivity contribution >= 4 is 16.6 Å². The van der Waals surface area contributed by atoms with E-state index >= 15 is 0 Å². The van der Waals surface area contributed by atoms with Crippen LogP contribution in [0.25, 0.3) is 22.8 Å². The zero-order valence-corrected chi connectivity index (χ0v) is 19.4. The third-order valence-corrected chi connectivity index (χ3v) is 7.71. The maximum Gasteiger partial charge on any atom is 0.272 e. The quantitative estimate of drug-likeness (QED) is 0.557. The van der Waals surface area contributed by atoms with Crippen LogP contribution in [0.5, 0.6) is 5.75 Å². The summed E-state index contributed by atoms with van der Waals surface area (Å²) in [7, 11) is -1.36. The molecule has 12 heteroatoms. The third-order valence-electron chi connectivity index (χ3n) is 5.54. The Morgan fingerprint density at radius 1 is 1.21 bits per heavy atom. The molecule has 0 saturated heterocycles. The molecule has 2 atom stereocenters. The SMILES string of the molecule is CC1(C)C(N)=N[C@](C)(c2cc(-c3cc(-c4ncc(OCC(F)F)cn4)no3)ccc2F)C[S@@]1=O. The number of amidine groups is 1. The highest BCUT2D eigenvalue weighted by Gasteiger charge is 2.44. The molecule has 34 heavy (non-hydrogen) atoms. The molecule has 1 aliphatic rings. The molecule has 8 nitrogen and oxygen atoms in total. The molecule has 0 aliphatic carbocycles. The number of halogens is 3. The van der Waals surface area contributed by atoms with Crippen molar-refractivity contribution in [3.05, 3.63) is 48.0 Å². The summed E-state index contributed by atoms with van der Waals surface area (Å²) in [6, 6.07) is 5.92. The van der Waals surface area contributed by atoms with Gasteiger partial charge < -0.3 is 15.0 Å². The zero-order chi connectivity index (χ0) is 24.7. The van der Waals surface area contributed by atoms with Crippen LogP contribution in [0.15, 0.2) is 46.2 Å². The van der Waals surface area contributed by atoms with Crippen LogP contribution in [0.2, 0.25) is 0 Å². The van der Waals surface area contributed by atoms with Crippen molar-refractivity contribution in [1.82, 2.24) is 15.1 Å². The molecule has 0 bridgehead atoms. The topological polar surface area (TPSA) is 116 Å². The summed E-state index contributed by atoms with van der Waals surface area (Å²) >= 11 is 0. The molecule has 0 saturated carbocycles. The predicted octanol–water partition coefficient (Wildman–Crippen LogP) is 3.69. The summed E-state index contributed by atoms with van der Waals surface area (Å²) < 4.78 is 61.6. The van der Waals surface area contributed by atoms with E-state index in [1.54, 1.807) is 32.9 Å². The van der Waals surface area contributed by atoms with Crippen molar-refractivity contribution in [2.24, 2.45) is 10.7 Å². The Kier molecular flexibility index (Phi) is 6.19. The van der Waals surface area contributed by atoms with Crippen LogP contribution >= 0.6 is 0 Å². The number of rotatable bonds is 6. The van der Waals surface area contributed by atoms with Gasteiger partial charge in [0.1, 0.15) is 18.3 Å². The molecule has 3 heterocycles. The molecule has 2 aromatic heterocycles. The Morgan fingerprint density at radius 3 is 2.56 bits per heavy atom. The van der Waals surface area contributed by atoms with Crippen LogP contribution in [0.4, 0.5) is 13.2 Å². The van der Waals surface area contributed by atoms with Gasteiger partial charge in [-0.2, -0.15) is 0 Å². The normalized spacial score (nSPS) is 22.0. The molecule has 4 rings (SSSR count). The first-order valence-corrected chi connectivity index (χ1v) is 11.6. The van der Waals surface area contributed by atoms with E-state index in [0.717, 1.165) is 0 Å². The molecule has 0 spiro atoms. The van der Waals surface area contributed by atoms with Crippen LogP contribution in [0.1, 0.15) is 26.3 Å². The zero-order valence-electron chi connectivity index (χ0n) is 18.6. The van der Waals surface area contributed by atoms with Gasteiger partial charge in [0, 0.05) is 28.0 Å². The molecular formula is C22H22F3N5O3S. The molecule has 3 aromatic rings. The van der Waals surface area contributed by atoms with Crippen LogP contribution < -0.4 is 10.5 Å². The van der Waals surface area contributed by atoms with Gasteiger partial charge in [-0.1, -0.05) is 5.16 Å². The third kappa shape index (κ3) is 4.54. The Hall–Kier alpha value is -3.28. The van der Waals surface area contributed by atoms with E-state index in [4.69, 9.17) is 15.0 Å². The number of aromatic nitrogens is 3. The van der Waals surface area contributed by atoms with E-state index in [1.807, 2.05) is 0 Å². The number of nitrogens with zero attached hydrogens (tertiary/aromatic N) is 4. The Labute approximate surface area is 195 Å². The van der Waals surface area contributed by atoms with Gasteiger partial charge in [-0.15, -0.1) is 0 Å². The maximum absolute atomic E-state index is 14.8. The van der Waals surface area contributed by atoms with Crippen LogP contribution in [0.3, 0.4) is 0 Å². The fraction of sp³-hybridized carbons (Fsp3) is 0.364. The van der Waals surface area contributed by atoms with Crippen molar-refractivity contribution in [3.63, 3.8) is 0 Å². The second-order valence-electron chi connectivity index (χ2n) is 8.49. The summed E-state index contributed by atoms with van der Waals surface area (Å²) in [6.07, 6.45) is -0.103. The number of hydrogen-bond acceptors (Lipinski definition) is 8. The fourth-order valence-electron chi connectivity index (χ4n) is 3.41. The number of alkyl halides is 2. The van der Waals surface area contributed by atoms with Gasteiger partial charge in [0.2, 0.25) is 0 Å². The maximum atomic E-state index is 14.8. The van der Waals surface area contributed by atoms with E-state index < -0.39 is 39.9 Å². The summed E-state index contributed by atoms with van der Waals surface area (Å²) in [4.78, 5) is 12.6. The highest BCUT2D eigenvalue weighted by molar-refractivity contribution is 7.87. The van der Waals surface area contributed by atoms with Crippen molar-refractivity contribution in [2.45, 2.75) is 37.5 Å². The van der Waals surface area contributed by atoms with Crippen LogP contribution in [0, 0.1) is 5.82 Å². The molecule has 0 fully saturated rings. The molecule has 0 amide bonds. The minimum Gasteiger partial charge on any atom is -0.484 e. The highest BCUT2D eigenvalue weighted by Crippen LogP contribution is 2.38. The predicted molar refractivity (Wildman–Crippen MR) is 120 cm³/mol. The summed E-state index contributed by atoms with van der Waals surface area (Å²) in [5, 5.41) is 3.94. The second-order valence-corrected chi connectivity index (χ2v) is 10.5. The minimum atomic E-state index is -2.61. The lowest BCUT2D eigenvalue weighted by molar-refractivity contribution is 0.0815. The number of nitrogens with two attached hydrogens (primary N) is 1. The highest BCUT2D eigenvalue weighted by atomic mass is 32.2. The number of hydrogen-bond donors (Lipinski definition) is 1. The first-order chi connectivity index (χ1) is 16.0.